The van der Waals surface area contributed by atoms with Crippen LogP contribution in [0.3, 0.4) is 0 Å². The summed E-state index contributed by atoms with van der Waals surface area (Å²) in [6, 6.07) is 8.70. The van der Waals surface area contributed by atoms with Gasteiger partial charge in [-0.2, -0.15) is 0 Å². The Morgan fingerprint density at radius 2 is 2.17 bits per heavy atom. The van der Waals surface area contributed by atoms with Crippen LogP contribution in [0.15, 0.2) is 42.7 Å². The normalized spacial score (nSPS) is 12.1. The fourth-order valence-corrected chi connectivity index (χ4v) is 1.73. The highest BCUT2D eigenvalue weighted by molar-refractivity contribution is 5.82. The Balaban J connectivity index is 2.02. The second-order valence-corrected chi connectivity index (χ2v) is 4.12. The van der Waals surface area contributed by atoms with Crippen molar-refractivity contribution in [3.63, 3.8) is 0 Å². The first-order valence-corrected chi connectivity index (χ1v) is 5.72. The topological polar surface area (TPSA) is 75.0 Å². The lowest BCUT2D eigenvalue weighted by Crippen LogP contribution is -2.35. The zero-order chi connectivity index (χ0) is 13.0. The Bertz CT molecular complexity index is 495. The van der Waals surface area contributed by atoms with E-state index in [9.17, 15) is 4.79 Å². The number of H-pyrrole nitrogens is 1. The Kier molecular flexibility index (Phi) is 3.74. The maximum Gasteiger partial charge on any atom is 0.244 e. The molecule has 0 unspecified atom stereocenters. The van der Waals surface area contributed by atoms with Crippen molar-refractivity contribution in [1.82, 2.24) is 14.9 Å². The average Bonchev–Trinajstić information content (AvgIpc) is 2.91. The van der Waals surface area contributed by atoms with E-state index in [0.717, 1.165) is 11.4 Å². The minimum atomic E-state index is -0.633. The van der Waals surface area contributed by atoms with Crippen molar-refractivity contribution < 1.29 is 4.79 Å². The molecular weight excluding hydrogens is 228 g/mol. The highest BCUT2D eigenvalue weighted by Crippen LogP contribution is 2.12. The van der Waals surface area contributed by atoms with Crippen LogP contribution in [0.4, 0.5) is 0 Å². The molecule has 1 aromatic carbocycles. The van der Waals surface area contributed by atoms with E-state index in [-0.39, 0.29) is 5.91 Å². The molecule has 5 heteroatoms. The molecular formula is C13H16N4O. The highest BCUT2D eigenvalue weighted by atomic mass is 16.2. The number of hydrogen-bond donors (Lipinski definition) is 2. The van der Waals surface area contributed by atoms with Gasteiger partial charge in [-0.1, -0.05) is 30.3 Å². The van der Waals surface area contributed by atoms with E-state index >= 15 is 0 Å². The zero-order valence-corrected chi connectivity index (χ0v) is 10.2. The molecule has 94 valence electrons. The van der Waals surface area contributed by atoms with Crippen molar-refractivity contribution >= 4 is 5.91 Å². The van der Waals surface area contributed by atoms with Crippen LogP contribution in [-0.4, -0.2) is 27.8 Å². The number of aromatic amines is 1. The first kappa shape index (κ1) is 12.3. The van der Waals surface area contributed by atoms with Crippen LogP contribution >= 0.6 is 0 Å². The van der Waals surface area contributed by atoms with E-state index in [1.165, 1.54) is 0 Å². The number of rotatable bonds is 4. The van der Waals surface area contributed by atoms with Crippen LogP contribution in [0.2, 0.25) is 0 Å². The minimum Gasteiger partial charge on any atom is -0.347 e. The van der Waals surface area contributed by atoms with Crippen LogP contribution in [-0.2, 0) is 11.3 Å². The highest BCUT2D eigenvalue weighted by Gasteiger charge is 2.20. The number of hydrogen-bond acceptors (Lipinski definition) is 3. The predicted molar refractivity (Wildman–Crippen MR) is 68.4 cm³/mol. The van der Waals surface area contributed by atoms with Crippen LogP contribution in [0.1, 0.15) is 17.4 Å². The fraction of sp³-hybridized carbons (Fsp3) is 0.231. The number of aromatic nitrogens is 2. The summed E-state index contributed by atoms with van der Waals surface area (Å²) < 4.78 is 0. The molecule has 0 aliphatic carbocycles. The minimum absolute atomic E-state index is 0.127. The summed E-state index contributed by atoms with van der Waals surface area (Å²) >= 11 is 0. The monoisotopic (exact) mass is 244 g/mol. The van der Waals surface area contributed by atoms with Gasteiger partial charge in [-0.05, 0) is 5.56 Å². The lowest BCUT2D eigenvalue weighted by molar-refractivity contribution is -0.132. The van der Waals surface area contributed by atoms with Gasteiger partial charge >= 0.3 is 0 Å². The molecule has 0 bridgehead atoms. The molecule has 0 fully saturated rings. The summed E-state index contributed by atoms with van der Waals surface area (Å²) in [4.78, 5) is 20.7. The van der Waals surface area contributed by atoms with Gasteiger partial charge in [-0.3, -0.25) is 4.79 Å². The third-order valence-corrected chi connectivity index (χ3v) is 2.74. The molecule has 2 rings (SSSR count). The summed E-state index contributed by atoms with van der Waals surface area (Å²) in [7, 11) is 1.72. The second kappa shape index (κ2) is 5.46. The molecule has 0 radical (unpaired) electrons. The Morgan fingerprint density at radius 1 is 1.44 bits per heavy atom. The van der Waals surface area contributed by atoms with Crippen LogP contribution < -0.4 is 5.73 Å². The SMILES string of the molecule is CN(Cc1ncc[nH]1)C(=O)[C@@H](N)c1ccccc1. The van der Waals surface area contributed by atoms with Gasteiger partial charge in [-0.15, -0.1) is 0 Å². The smallest absolute Gasteiger partial charge is 0.244 e. The van der Waals surface area contributed by atoms with Crippen molar-refractivity contribution in [2.75, 3.05) is 7.05 Å². The van der Waals surface area contributed by atoms with Crippen molar-refractivity contribution in [2.45, 2.75) is 12.6 Å². The van der Waals surface area contributed by atoms with E-state index in [1.54, 1.807) is 24.3 Å². The van der Waals surface area contributed by atoms with E-state index < -0.39 is 6.04 Å². The molecule has 5 nitrogen and oxygen atoms in total. The summed E-state index contributed by atoms with van der Waals surface area (Å²) in [5, 5.41) is 0. The van der Waals surface area contributed by atoms with E-state index in [4.69, 9.17) is 5.73 Å². The van der Waals surface area contributed by atoms with Crippen LogP contribution in [0.25, 0.3) is 0 Å². The number of amides is 1. The lowest BCUT2D eigenvalue weighted by atomic mass is 10.1. The number of carbonyl (C=O) groups is 1. The number of nitrogens with one attached hydrogen (secondary N) is 1. The van der Waals surface area contributed by atoms with Crippen molar-refractivity contribution in [1.29, 1.82) is 0 Å². The van der Waals surface area contributed by atoms with Gasteiger partial charge in [-0.25, -0.2) is 4.98 Å². The largest absolute Gasteiger partial charge is 0.347 e. The van der Waals surface area contributed by atoms with Gasteiger partial charge in [0.25, 0.3) is 0 Å². The summed E-state index contributed by atoms with van der Waals surface area (Å²) in [5.74, 6) is 0.615. The molecule has 1 aromatic heterocycles. The molecule has 0 aliphatic rings. The van der Waals surface area contributed by atoms with Crippen molar-refractivity contribution in [3.05, 3.63) is 54.1 Å². The average molecular weight is 244 g/mol. The van der Waals surface area contributed by atoms with E-state index in [0.29, 0.717) is 6.54 Å². The van der Waals surface area contributed by atoms with Crippen molar-refractivity contribution in [2.24, 2.45) is 5.73 Å². The standard InChI is InChI=1S/C13H16N4O/c1-17(9-11-15-7-8-16-11)13(18)12(14)10-5-3-2-4-6-10/h2-8,12H,9,14H2,1H3,(H,15,16)/t12-/m0/s1. The van der Waals surface area contributed by atoms with E-state index in [2.05, 4.69) is 9.97 Å². The Labute approximate surface area is 106 Å². The molecule has 2 aromatic rings. The third kappa shape index (κ3) is 2.75. The van der Waals surface area contributed by atoms with E-state index in [1.807, 2.05) is 30.3 Å². The molecule has 0 saturated carbocycles. The van der Waals surface area contributed by atoms with Gasteiger partial charge < -0.3 is 15.6 Å². The lowest BCUT2D eigenvalue weighted by Gasteiger charge is -2.20. The number of imidazole rings is 1. The van der Waals surface area contributed by atoms with Crippen molar-refractivity contribution in [3.8, 4) is 0 Å². The first-order chi connectivity index (χ1) is 8.68. The predicted octanol–water partition coefficient (Wildman–Crippen LogP) is 1.07. The quantitative estimate of drug-likeness (QED) is 0.844. The number of nitrogens with zero attached hydrogens (tertiary/aromatic N) is 2. The third-order valence-electron chi connectivity index (χ3n) is 2.74. The van der Waals surface area contributed by atoms with Gasteiger partial charge in [0.1, 0.15) is 11.9 Å². The number of likely N-dealkylation sites (N-methyl/N-ethyl adjacent to an activating group) is 1. The number of nitrogens with two attached hydrogens (primary N) is 1. The zero-order valence-electron chi connectivity index (χ0n) is 10.2. The molecule has 18 heavy (non-hydrogen) atoms. The number of carbonyl (C=O) groups excluding carboxylic acids is 1. The molecule has 3 N–H and O–H groups in total. The fourth-order valence-electron chi connectivity index (χ4n) is 1.73. The van der Waals surface area contributed by atoms with Crippen LogP contribution in [0, 0.1) is 0 Å². The maximum absolute atomic E-state index is 12.1. The molecule has 1 atom stereocenters. The maximum atomic E-state index is 12.1. The van der Waals surface area contributed by atoms with Gasteiger partial charge in [0, 0.05) is 19.4 Å². The molecule has 0 saturated heterocycles. The van der Waals surface area contributed by atoms with Crippen LogP contribution in [0.5, 0.6) is 0 Å². The summed E-state index contributed by atoms with van der Waals surface area (Å²) in [5.41, 5.74) is 6.76. The van der Waals surface area contributed by atoms with Gasteiger partial charge in [0.2, 0.25) is 5.91 Å². The second-order valence-electron chi connectivity index (χ2n) is 4.12. The summed E-state index contributed by atoms with van der Waals surface area (Å²) in [6.45, 7) is 0.423. The Hall–Kier alpha value is -2.14. The molecule has 1 heterocycles. The van der Waals surface area contributed by atoms with Gasteiger partial charge in [0.05, 0.1) is 6.54 Å². The van der Waals surface area contributed by atoms with Gasteiger partial charge in [0.15, 0.2) is 0 Å². The molecule has 0 spiro atoms. The Morgan fingerprint density at radius 3 is 2.78 bits per heavy atom. The summed E-state index contributed by atoms with van der Waals surface area (Å²) in [6.07, 6.45) is 3.38. The molecule has 1 amide bonds. The molecule has 0 aliphatic heterocycles. The number of benzene rings is 1. The first-order valence-electron chi connectivity index (χ1n) is 5.72.